The maximum atomic E-state index is 14.6. The first-order chi connectivity index (χ1) is 33.4. The number of carbonyl (C=O) groups excluding carboxylic acids is 9. The number of nitrogens with one attached hydrogen (secondary N) is 5. The minimum absolute atomic E-state index is 0.0750. The zero-order chi connectivity index (χ0) is 51.3. The molecule has 0 spiro atoms. The Morgan fingerprint density at radius 3 is 2.30 bits per heavy atom. The Kier molecular flexibility index (Phi) is 23.6. The normalized spacial score (nSPS) is 22.8. The van der Waals surface area contributed by atoms with Crippen molar-refractivity contribution >= 4 is 93.6 Å². The molecule has 70 heavy (non-hydrogen) atoms. The van der Waals surface area contributed by atoms with Crippen molar-refractivity contribution < 1.29 is 43.2 Å². The molecule has 19 nitrogen and oxygen atoms in total. The first-order valence-corrected chi connectivity index (χ1v) is 26.3. The third kappa shape index (κ3) is 18.7. The molecule has 7 amide bonds. The van der Waals surface area contributed by atoms with E-state index in [-0.39, 0.29) is 62.7 Å². The van der Waals surface area contributed by atoms with E-state index in [0.717, 1.165) is 10.4 Å². The molecule has 22 heteroatoms. The highest BCUT2D eigenvalue weighted by atomic mass is 35.5. The van der Waals surface area contributed by atoms with Crippen LogP contribution in [0.3, 0.4) is 0 Å². The van der Waals surface area contributed by atoms with Crippen molar-refractivity contribution in [1.82, 2.24) is 31.5 Å². The van der Waals surface area contributed by atoms with Gasteiger partial charge in [-0.1, -0.05) is 50.6 Å². The van der Waals surface area contributed by atoms with Gasteiger partial charge in [0.15, 0.2) is 11.7 Å². The van der Waals surface area contributed by atoms with Crippen LogP contribution in [0, 0.1) is 17.8 Å². The van der Waals surface area contributed by atoms with Crippen molar-refractivity contribution in [3.63, 3.8) is 0 Å². The summed E-state index contributed by atoms with van der Waals surface area (Å²) in [5.41, 5.74) is 17.3. The Labute approximate surface area is 422 Å². The first kappa shape index (κ1) is 57.0. The standard InChI is InChI=1S/C48H69ClN10O9S2/c1-4-17-53-43(64)35(11-5-18-54-48(51)52)55-45(66)38-12-6-19-59(38)47(68)31-24-39(61)36(26-40(50)62)56-46(67)41(28(2)3)58-44(65)37(25-34-10-8-21-70-34)57-42(63)30(22-29-13-15-32(49)16-14-29)23-33(60)9-7-20-69-27-31/h8,10,13-16,21,28,30-31,35-38,41H,4-7,9,11-12,17-20,22-27H2,1-3H3,(H2,50,62)(H,53,64)(H,55,66)(H,56,67)(H,57,63)(H,58,65)(H4,51,52,54)/t30-,31+,35-,36+,37+,38+,41+/m1/s1. The number of nitrogens with two attached hydrogens (primary N) is 3. The van der Waals surface area contributed by atoms with Gasteiger partial charge >= 0.3 is 0 Å². The van der Waals surface area contributed by atoms with Gasteiger partial charge in [0, 0.05) is 66.9 Å². The van der Waals surface area contributed by atoms with E-state index in [1.807, 2.05) is 18.4 Å². The minimum atomic E-state index is -1.49. The van der Waals surface area contributed by atoms with Gasteiger partial charge in [-0.3, -0.25) is 48.1 Å². The lowest BCUT2D eigenvalue weighted by atomic mass is 9.91. The second-order valence-corrected chi connectivity index (χ2v) is 20.7. The molecule has 2 fully saturated rings. The van der Waals surface area contributed by atoms with Crippen molar-refractivity contribution in [2.24, 2.45) is 39.9 Å². The molecule has 0 unspecified atom stereocenters. The van der Waals surface area contributed by atoms with E-state index in [0.29, 0.717) is 49.4 Å². The summed E-state index contributed by atoms with van der Waals surface area (Å²) in [7, 11) is 0. The third-order valence-electron chi connectivity index (χ3n) is 12.0. The number of likely N-dealkylation sites (tertiary alicyclic amines) is 1. The van der Waals surface area contributed by atoms with Crippen LogP contribution >= 0.6 is 34.7 Å². The maximum Gasteiger partial charge on any atom is 0.243 e. The van der Waals surface area contributed by atoms with Crippen molar-refractivity contribution in [1.29, 1.82) is 0 Å². The highest BCUT2D eigenvalue weighted by Crippen LogP contribution is 2.26. The number of ketones is 2. The summed E-state index contributed by atoms with van der Waals surface area (Å²) < 4.78 is 0. The van der Waals surface area contributed by atoms with E-state index in [4.69, 9.17) is 28.8 Å². The number of carbonyl (C=O) groups is 9. The number of thioether (sulfide) groups is 1. The molecule has 3 heterocycles. The van der Waals surface area contributed by atoms with Crippen LogP contribution in [0.15, 0.2) is 46.8 Å². The van der Waals surface area contributed by atoms with Gasteiger partial charge in [-0.15, -0.1) is 11.3 Å². The molecule has 11 N–H and O–H groups in total. The number of Topliss-reactive ketones (excluding diaryl/α,β-unsaturated/α-hetero) is 2. The quantitative estimate of drug-likeness (QED) is 0.0641. The molecule has 7 atom stereocenters. The number of amides is 7. The predicted octanol–water partition coefficient (Wildman–Crippen LogP) is 1.91. The van der Waals surface area contributed by atoms with Crippen LogP contribution < -0.4 is 43.8 Å². The summed E-state index contributed by atoms with van der Waals surface area (Å²) in [5.74, 6) is -7.36. The zero-order valence-electron chi connectivity index (χ0n) is 40.2. The molecule has 0 saturated carbocycles. The second-order valence-electron chi connectivity index (χ2n) is 18.1. The van der Waals surface area contributed by atoms with Crippen molar-refractivity contribution in [3.8, 4) is 0 Å². The molecule has 0 bridgehead atoms. The second kappa shape index (κ2) is 29.0. The number of rotatable bonds is 17. The fourth-order valence-electron chi connectivity index (χ4n) is 8.31. The number of benzene rings is 1. The molecule has 4 rings (SSSR count). The summed E-state index contributed by atoms with van der Waals surface area (Å²) in [6.07, 6.45) is 1.56. The summed E-state index contributed by atoms with van der Waals surface area (Å²) in [4.78, 5) is 131. The molecule has 0 aliphatic carbocycles. The molecule has 2 aliphatic rings. The van der Waals surface area contributed by atoms with E-state index < -0.39 is 108 Å². The molecular formula is C48H69ClN10O9S2. The van der Waals surface area contributed by atoms with E-state index in [2.05, 4.69) is 31.6 Å². The number of halogens is 1. The van der Waals surface area contributed by atoms with Gasteiger partial charge in [0.25, 0.3) is 0 Å². The number of hydrogen-bond acceptors (Lipinski definition) is 12. The molecule has 1 aromatic carbocycles. The van der Waals surface area contributed by atoms with Gasteiger partial charge in [-0.2, -0.15) is 11.8 Å². The van der Waals surface area contributed by atoms with Crippen LogP contribution in [0.1, 0.15) is 95.4 Å². The monoisotopic (exact) mass is 1030 g/mol. The number of aliphatic imine (C=N–C) groups is 1. The van der Waals surface area contributed by atoms with Gasteiger partial charge in [0.05, 0.1) is 18.4 Å². The SMILES string of the molecule is CCCNC(=O)[C@@H](CCCN=C(N)N)NC(=O)[C@@H]1CCCN1C(=O)[C@@H]1CSCCCC(=O)C[C@@H](Cc2ccc(Cl)cc2)C(=O)N[C@@H](Cc2cccs2)C(=O)N[C@@H](C(C)C)C(=O)N[C@@H](CC(N)=O)C(=O)C1. The fourth-order valence-corrected chi connectivity index (χ4v) is 10.3. The lowest BCUT2D eigenvalue weighted by Crippen LogP contribution is -2.58. The van der Waals surface area contributed by atoms with Gasteiger partial charge in [0.2, 0.25) is 41.4 Å². The van der Waals surface area contributed by atoms with Gasteiger partial charge in [0.1, 0.15) is 30.0 Å². The largest absolute Gasteiger partial charge is 0.370 e. The van der Waals surface area contributed by atoms with Gasteiger partial charge in [-0.05, 0) is 85.8 Å². The Bertz CT molecular complexity index is 2160. The Balaban J connectivity index is 1.65. The number of hydrogen-bond donors (Lipinski definition) is 8. The Morgan fingerprint density at radius 1 is 0.914 bits per heavy atom. The van der Waals surface area contributed by atoms with Crippen LogP contribution in [0.25, 0.3) is 0 Å². The van der Waals surface area contributed by atoms with Crippen molar-refractivity contribution in [2.75, 3.05) is 31.1 Å². The summed E-state index contributed by atoms with van der Waals surface area (Å²) in [6, 6.07) is 4.70. The molecule has 2 aliphatic heterocycles. The lowest BCUT2D eigenvalue weighted by molar-refractivity contribution is -0.143. The summed E-state index contributed by atoms with van der Waals surface area (Å²) >= 11 is 8.84. The first-order valence-electron chi connectivity index (χ1n) is 23.9. The summed E-state index contributed by atoms with van der Waals surface area (Å²) in [6.45, 7) is 6.05. The van der Waals surface area contributed by atoms with Crippen molar-refractivity contribution in [3.05, 3.63) is 57.2 Å². The number of nitrogens with zero attached hydrogens (tertiary/aromatic N) is 2. The van der Waals surface area contributed by atoms with Crippen LogP contribution in [0.4, 0.5) is 0 Å². The zero-order valence-corrected chi connectivity index (χ0v) is 42.6. The predicted molar refractivity (Wildman–Crippen MR) is 270 cm³/mol. The fraction of sp³-hybridized carbons (Fsp3) is 0.583. The van der Waals surface area contributed by atoms with Gasteiger partial charge in [-0.25, -0.2) is 0 Å². The van der Waals surface area contributed by atoms with Crippen LogP contribution in [0.2, 0.25) is 5.02 Å². The number of thiophene rings is 1. The smallest absolute Gasteiger partial charge is 0.243 e. The topological polar surface area (TPSA) is 307 Å². The molecule has 0 radical (unpaired) electrons. The number of guanidine groups is 1. The van der Waals surface area contributed by atoms with Crippen LogP contribution in [-0.2, 0) is 56.0 Å². The Morgan fingerprint density at radius 2 is 1.64 bits per heavy atom. The van der Waals surface area contributed by atoms with E-state index in [1.165, 1.54) is 28.0 Å². The van der Waals surface area contributed by atoms with Crippen LogP contribution in [0.5, 0.6) is 0 Å². The highest BCUT2D eigenvalue weighted by molar-refractivity contribution is 7.99. The van der Waals surface area contributed by atoms with Crippen LogP contribution in [-0.4, -0.2) is 125 Å². The molecule has 384 valence electrons. The van der Waals surface area contributed by atoms with Crippen molar-refractivity contribution in [2.45, 2.75) is 128 Å². The lowest BCUT2D eigenvalue weighted by Gasteiger charge is -2.30. The van der Waals surface area contributed by atoms with E-state index in [1.54, 1.807) is 44.2 Å². The number of primary amides is 1. The molecule has 2 saturated heterocycles. The molecule has 2 aromatic rings. The van der Waals surface area contributed by atoms with E-state index in [9.17, 15) is 43.2 Å². The van der Waals surface area contributed by atoms with Gasteiger partial charge < -0.3 is 48.7 Å². The maximum absolute atomic E-state index is 14.6. The molecule has 1 aromatic heterocycles. The third-order valence-corrected chi connectivity index (χ3v) is 14.4. The summed E-state index contributed by atoms with van der Waals surface area (Å²) in [5, 5.41) is 16.2. The highest BCUT2D eigenvalue weighted by Gasteiger charge is 2.40. The Hall–Kier alpha value is -5.54. The molecular weight excluding hydrogens is 960 g/mol. The average molecular weight is 1030 g/mol. The van der Waals surface area contributed by atoms with E-state index >= 15 is 0 Å². The average Bonchev–Trinajstić information content (AvgIpc) is 4.03. The minimum Gasteiger partial charge on any atom is -0.370 e.